The van der Waals surface area contributed by atoms with Gasteiger partial charge in [0.1, 0.15) is 41.2 Å². The van der Waals surface area contributed by atoms with E-state index >= 15 is 0 Å². The smallest absolute Gasteiger partial charge is 0.164 e. The monoisotopic (exact) mass is 434 g/mol. The maximum absolute atomic E-state index is 14.4. The molecule has 5 aromatic rings. The predicted molar refractivity (Wildman–Crippen MR) is 117 cm³/mol. The minimum Gasteiger partial charge on any atom is -0.455 e. The number of ether oxygens (including phenoxy) is 1. The predicted octanol–water partition coefficient (Wildman–Crippen LogP) is 3.17. The molecular formula is C23H19FN4O4. The van der Waals surface area contributed by atoms with E-state index in [0.717, 1.165) is 21.9 Å². The Labute approximate surface area is 180 Å². The van der Waals surface area contributed by atoms with Crippen LogP contribution < -0.4 is 5.73 Å². The first-order chi connectivity index (χ1) is 15.6. The summed E-state index contributed by atoms with van der Waals surface area (Å²) in [5.41, 5.74) is 9.46. The molecule has 162 valence electrons. The first kappa shape index (κ1) is 19.2. The van der Waals surface area contributed by atoms with Crippen molar-refractivity contribution in [3.63, 3.8) is 0 Å². The number of benzene rings is 2. The zero-order chi connectivity index (χ0) is 22.0. The van der Waals surface area contributed by atoms with E-state index in [-0.39, 0.29) is 5.82 Å². The molecule has 0 bridgehead atoms. The highest BCUT2D eigenvalue weighted by molar-refractivity contribution is 6.13. The topological polar surface area (TPSA) is 120 Å². The molecule has 0 unspecified atom stereocenters. The Bertz CT molecular complexity index is 1480. The maximum Gasteiger partial charge on any atom is 0.164 e. The van der Waals surface area contributed by atoms with Crippen LogP contribution in [0.1, 0.15) is 6.23 Å². The molecule has 0 aliphatic carbocycles. The molecule has 2 aromatic carbocycles. The van der Waals surface area contributed by atoms with Crippen LogP contribution >= 0.6 is 0 Å². The average molecular weight is 434 g/mol. The fraction of sp³-hybridized carbons (Fsp3) is 0.217. The van der Waals surface area contributed by atoms with Crippen molar-refractivity contribution < 1.29 is 23.8 Å². The Balaban J connectivity index is 1.62. The highest BCUT2D eigenvalue weighted by Gasteiger charge is 2.45. The molecule has 1 aliphatic rings. The number of alkyl halides is 1. The number of nitrogen functional groups attached to an aromatic ring is 1. The number of hydrogen-bond acceptors (Lipinski definition) is 7. The molecule has 1 saturated heterocycles. The number of fused-ring (bicyclic) bond motifs is 4. The second kappa shape index (κ2) is 6.99. The van der Waals surface area contributed by atoms with Crippen molar-refractivity contribution in [2.24, 2.45) is 0 Å². The fourth-order valence-electron chi connectivity index (χ4n) is 4.55. The van der Waals surface area contributed by atoms with E-state index in [9.17, 15) is 14.6 Å². The van der Waals surface area contributed by atoms with Crippen LogP contribution in [-0.4, -0.2) is 49.7 Å². The number of halogens is 1. The van der Waals surface area contributed by atoms with E-state index < -0.39 is 31.2 Å². The van der Waals surface area contributed by atoms with Gasteiger partial charge in [0, 0.05) is 28.1 Å². The standard InChI is InChI=1S/C23H19FN4O4/c24-18-16(9-29)32-23(19(18)30)28-8-14(17-21(25)26-10-27-22(17)28)13-6-3-5-12-11-4-1-2-7-15(11)31-20(12)13/h1-8,10,16,18-19,23,29-30H,9H2,(H2,25,26,27)/t16-,18-,19-,23-/m1/s1. The van der Waals surface area contributed by atoms with Gasteiger partial charge in [0.05, 0.1) is 12.0 Å². The zero-order valence-corrected chi connectivity index (χ0v) is 16.7. The lowest BCUT2D eigenvalue weighted by Crippen LogP contribution is -2.29. The molecule has 1 fully saturated rings. The minimum absolute atomic E-state index is 0.236. The van der Waals surface area contributed by atoms with E-state index in [2.05, 4.69) is 9.97 Å². The van der Waals surface area contributed by atoms with E-state index in [1.165, 1.54) is 10.9 Å². The second-order valence-electron chi connectivity index (χ2n) is 7.87. The molecule has 9 heteroatoms. The zero-order valence-electron chi connectivity index (χ0n) is 16.7. The van der Waals surface area contributed by atoms with Gasteiger partial charge in [-0.15, -0.1) is 0 Å². The van der Waals surface area contributed by atoms with Gasteiger partial charge in [-0.2, -0.15) is 0 Å². The summed E-state index contributed by atoms with van der Waals surface area (Å²) in [6.07, 6.45) is -2.41. The van der Waals surface area contributed by atoms with E-state index in [1.54, 1.807) is 6.20 Å². The van der Waals surface area contributed by atoms with Crippen LogP contribution in [0.2, 0.25) is 0 Å². The van der Waals surface area contributed by atoms with Crippen LogP contribution in [0.25, 0.3) is 44.1 Å². The third-order valence-corrected chi connectivity index (χ3v) is 6.08. The van der Waals surface area contributed by atoms with Gasteiger partial charge in [-0.25, -0.2) is 14.4 Å². The maximum atomic E-state index is 14.4. The van der Waals surface area contributed by atoms with Gasteiger partial charge < -0.3 is 29.7 Å². The number of aliphatic hydroxyl groups excluding tert-OH is 2. The quantitative estimate of drug-likeness (QED) is 0.399. The summed E-state index contributed by atoms with van der Waals surface area (Å²) in [5.74, 6) is 0.236. The number of hydrogen-bond donors (Lipinski definition) is 3. The molecule has 4 N–H and O–H groups in total. The SMILES string of the molecule is Nc1ncnc2c1c(-c1cccc3c1oc1ccccc13)cn2[C@@H]1O[C@H](CO)[C@@H](F)[C@H]1O. The molecular weight excluding hydrogens is 415 g/mol. The first-order valence-electron chi connectivity index (χ1n) is 10.2. The number of para-hydroxylation sites is 2. The molecule has 0 spiro atoms. The number of aromatic nitrogens is 3. The van der Waals surface area contributed by atoms with Gasteiger partial charge in [-0.3, -0.25) is 0 Å². The number of aliphatic hydroxyl groups is 2. The number of nitrogens with two attached hydrogens (primary N) is 1. The highest BCUT2D eigenvalue weighted by Crippen LogP contribution is 2.42. The Morgan fingerprint density at radius 2 is 1.88 bits per heavy atom. The summed E-state index contributed by atoms with van der Waals surface area (Å²) in [6, 6.07) is 13.5. The summed E-state index contributed by atoms with van der Waals surface area (Å²) in [4.78, 5) is 8.46. The van der Waals surface area contributed by atoms with Gasteiger partial charge in [-0.1, -0.05) is 36.4 Å². The van der Waals surface area contributed by atoms with Gasteiger partial charge >= 0.3 is 0 Å². The van der Waals surface area contributed by atoms with E-state index in [4.69, 9.17) is 14.9 Å². The Hall–Kier alpha value is -3.53. The van der Waals surface area contributed by atoms with Crippen LogP contribution in [-0.2, 0) is 4.74 Å². The lowest BCUT2D eigenvalue weighted by atomic mass is 10.0. The lowest BCUT2D eigenvalue weighted by Gasteiger charge is -2.16. The normalized spacial score (nSPS) is 23.6. The molecule has 0 saturated carbocycles. The number of rotatable bonds is 3. The van der Waals surface area contributed by atoms with Gasteiger partial charge in [-0.05, 0) is 6.07 Å². The Kier molecular flexibility index (Phi) is 4.19. The molecule has 4 heterocycles. The van der Waals surface area contributed by atoms with Crippen LogP contribution in [0, 0.1) is 0 Å². The largest absolute Gasteiger partial charge is 0.455 e. The molecule has 0 amide bonds. The number of anilines is 1. The highest BCUT2D eigenvalue weighted by atomic mass is 19.1. The summed E-state index contributed by atoms with van der Waals surface area (Å²) in [5, 5.41) is 22.3. The molecule has 3 aromatic heterocycles. The van der Waals surface area contributed by atoms with Crippen molar-refractivity contribution in [1.82, 2.24) is 14.5 Å². The van der Waals surface area contributed by atoms with E-state index in [1.807, 2.05) is 42.5 Å². The first-order valence-corrected chi connectivity index (χ1v) is 10.2. The Morgan fingerprint density at radius 1 is 1.06 bits per heavy atom. The van der Waals surface area contributed by atoms with Crippen molar-refractivity contribution in [3.8, 4) is 11.1 Å². The molecule has 8 nitrogen and oxygen atoms in total. The average Bonchev–Trinajstić information content (AvgIpc) is 3.46. The summed E-state index contributed by atoms with van der Waals surface area (Å²) in [6.45, 7) is -0.545. The van der Waals surface area contributed by atoms with Crippen molar-refractivity contribution in [2.75, 3.05) is 12.3 Å². The molecule has 32 heavy (non-hydrogen) atoms. The Morgan fingerprint density at radius 3 is 2.69 bits per heavy atom. The molecule has 6 rings (SSSR count). The minimum atomic E-state index is -1.73. The van der Waals surface area contributed by atoms with Crippen molar-refractivity contribution in [1.29, 1.82) is 0 Å². The van der Waals surface area contributed by atoms with Crippen molar-refractivity contribution >= 4 is 38.8 Å². The third kappa shape index (κ3) is 2.59. The summed E-state index contributed by atoms with van der Waals surface area (Å²) >= 11 is 0. The third-order valence-electron chi connectivity index (χ3n) is 6.08. The lowest BCUT2D eigenvalue weighted by molar-refractivity contribution is -0.0492. The molecule has 1 aliphatic heterocycles. The molecule has 0 radical (unpaired) electrons. The van der Waals surface area contributed by atoms with Gasteiger partial charge in [0.2, 0.25) is 0 Å². The van der Waals surface area contributed by atoms with Gasteiger partial charge in [0.15, 0.2) is 12.4 Å². The molecule has 4 atom stereocenters. The van der Waals surface area contributed by atoms with Crippen molar-refractivity contribution in [2.45, 2.75) is 24.6 Å². The number of furan rings is 1. The van der Waals surface area contributed by atoms with Crippen molar-refractivity contribution in [3.05, 3.63) is 55.0 Å². The van der Waals surface area contributed by atoms with Crippen LogP contribution in [0.5, 0.6) is 0 Å². The summed E-state index contributed by atoms with van der Waals surface area (Å²) in [7, 11) is 0. The van der Waals surface area contributed by atoms with Crippen LogP contribution in [0.15, 0.2) is 59.4 Å². The number of nitrogens with zero attached hydrogens (tertiary/aromatic N) is 3. The van der Waals surface area contributed by atoms with Crippen LogP contribution in [0.3, 0.4) is 0 Å². The second-order valence-corrected chi connectivity index (χ2v) is 7.87. The van der Waals surface area contributed by atoms with E-state index in [0.29, 0.717) is 22.2 Å². The van der Waals surface area contributed by atoms with Gasteiger partial charge in [0.25, 0.3) is 0 Å². The fourth-order valence-corrected chi connectivity index (χ4v) is 4.55. The summed E-state index contributed by atoms with van der Waals surface area (Å²) < 4.78 is 27.8. The van der Waals surface area contributed by atoms with Crippen LogP contribution in [0.4, 0.5) is 10.2 Å².